The second kappa shape index (κ2) is 10.1. The molecule has 0 bridgehead atoms. The van der Waals surface area contributed by atoms with Crippen molar-refractivity contribution in [3.8, 4) is 0 Å². The van der Waals surface area contributed by atoms with E-state index in [1.807, 2.05) is 0 Å². The van der Waals surface area contributed by atoms with Gasteiger partial charge in [-0.05, 0) is 61.0 Å². The van der Waals surface area contributed by atoms with Crippen LogP contribution >= 0.6 is 0 Å². The maximum Gasteiger partial charge on any atom is 0.417 e. The zero-order valence-corrected chi connectivity index (χ0v) is 18.6. The van der Waals surface area contributed by atoms with Gasteiger partial charge in [-0.2, -0.15) is 13.2 Å². The smallest absolute Gasteiger partial charge is 0.368 e. The number of aryl methyl sites for hydroxylation is 1. The van der Waals surface area contributed by atoms with E-state index >= 15 is 0 Å². The highest BCUT2D eigenvalue weighted by Crippen LogP contribution is 2.28. The van der Waals surface area contributed by atoms with Crippen LogP contribution in [0.15, 0.2) is 65.7 Å². The largest absolute Gasteiger partial charge is 0.417 e. The molecular weight excluding hydrogens is 476 g/mol. The van der Waals surface area contributed by atoms with E-state index in [2.05, 4.69) is 20.3 Å². The maximum absolute atomic E-state index is 13.0. The zero-order valence-electron chi connectivity index (χ0n) is 17.8. The van der Waals surface area contributed by atoms with Gasteiger partial charge < -0.3 is 10.6 Å². The van der Waals surface area contributed by atoms with Gasteiger partial charge in [0.05, 0.1) is 10.5 Å². The summed E-state index contributed by atoms with van der Waals surface area (Å²) in [4.78, 5) is 16.1. The molecule has 0 aliphatic rings. The molecule has 0 spiro atoms. The summed E-state index contributed by atoms with van der Waals surface area (Å²) in [5, 5.41) is 5.40. The highest BCUT2D eigenvalue weighted by atomic mass is 32.2. The number of nitrogens with one attached hydrogen (secondary N) is 3. The van der Waals surface area contributed by atoms with Crippen molar-refractivity contribution in [3.05, 3.63) is 83.3 Å². The summed E-state index contributed by atoms with van der Waals surface area (Å²) in [6.07, 6.45) is -3.77. The van der Waals surface area contributed by atoms with Crippen LogP contribution in [0, 0.1) is 12.7 Å². The van der Waals surface area contributed by atoms with Gasteiger partial charge in [-0.1, -0.05) is 6.07 Å². The number of hydrogen-bond donors (Lipinski definition) is 3. The van der Waals surface area contributed by atoms with E-state index in [4.69, 9.17) is 0 Å². The SMILES string of the molecule is Cc1ccc(S(=O)(=O)Nc2ccc(F)cc2)cc1C(=O)NCCNc1ccc(C(F)(F)F)cn1. The quantitative estimate of drug-likeness (QED) is 0.321. The van der Waals surface area contributed by atoms with Crippen LogP contribution in [-0.4, -0.2) is 32.4 Å². The average molecular weight is 496 g/mol. The van der Waals surface area contributed by atoms with E-state index in [1.165, 1.54) is 36.4 Å². The van der Waals surface area contributed by atoms with Gasteiger partial charge in [0.15, 0.2) is 0 Å². The first-order chi connectivity index (χ1) is 16.0. The van der Waals surface area contributed by atoms with E-state index in [0.717, 1.165) is 18.2 Å². The van der Waals surface area contributed by atoms with Crippen LogP contribution in [0.1, 0.15) is 21.5 Å². The lowest BCUT2D eigenvalue weighted by molar-refractivity contribution is -0.137. The van der Waals surface area contributed by atoms with E-state index in [9.17, 15) is 30.8 Å². The lowest BCUT2D eigenvalue weighted by Crippen LogP contribution is -2.29. The Bertz CT molecular complexity index is 1260. The first kappa shape index (κ1) is 25.0. The molecule has 1 aromatic heterocycles. The molecule has 1 amide bonds. The molecule has 0 saturated carbocycles. The molecule has 1 heterocycles. The number of sulfonamides is 1. The molecule has 3 aromatic rings. The molecule has 3 rings (SSSR count). The fourth-order valence-corrected chi connectivity index (χ4v) is 3.96. The second-order valence-corrected chi connectivity index (χ2v) is 8.88. The van der Waals surface area contributed by atoms with Crippen molar-refractivity contribution in [1.29, 1.82) is 0 Å². The fraction of sp³-hybridized carbons (Fsp3) is 0.182. The van der Waals surface area contributed by atoms with Crippen molar-refractivity contribution in [2.24, 2.45) is 0 Å². The van der Waals surface area contributed by atoms with E-state index in [-0.39, 0.29) is 35.1 Å². The third kappa shape index (κ3) is 6.44. The van der Waals surface area contributed by atoms with Crippen molar-refractivity contribution < 1.29 is 30.8 Å². The number of nitrogens with zero attached hydrogens (tertiary/aromatic N) is 1. The van der Waals surface area contributed by atoms with Crippen LogP contribution in [0.25, 0.3) is 0 Å². The molecule has 34 heavy (non-hydrogen) atoms. The minimum atomic E-state index is -4.48. The Labute approximate surface area is 193 Å². The Kier molecular flexibility index (Phi) is 7.40. The minimum Gasteiger partial charge on any atom is -0.368 e. The molecule has 180 valence electrons. The standard InChI is InChI=1S/C22H20F4N4O3S/c1-14-2-8-18(34(32,33)30-17-6-4-16(23)5-7-17)12-19(14)21(31)28-11-10-27-20-9-3-15(13-29-20)22(24,25)26/h2-9,12-13,30H,10-11H2,1H3,(H,27,29)(H,28,31). The van der Waals surface area contributed by atoms with Gasteiger partial charge in [0.1, 0.15) is 11.6 Å². The first-order valence-corrected chi connectivity index (χ1v) is 11.4. The lowest BCUT2D eigenvalue weighted by atomic mass is 10.1. The number of hydrogen-bond acceptors (Lipinski definition) is 5. The number of aromatic nitrogens is 1. The second-order valence-electron chi connectivity index (χ2n) is 7.20. The third-order valence-electron chi connectivity index (χ3n) is 4.67. The van der Waals surface area contributed by atoms with Crippen molar-refractivity contribution in [2.45, 2.75) is 18.0 Å². The highest BCUT2D eigenvalue weighted by molar-refractivity contribution is 7.92. The summed E-state index contributed by atoms with van der Waals surface area (Å²) in [5.74, 6) is -0.835. The number of alkyl halides is 3. The van der Waals surface area contributed by atoms with Crippen molar-refractivity contribution in [1.82, 2.24) is 10.3 Å². The number of halogens is 4. The zero-order chi connectivity index (χ0) is 24.9. The van der Waals surface area contributed by atoms with Crippen LogP contribution < -0.4 is 15.4 Å². The minimum absolute atomic E-state index is 0.103. The average Bonchev–Trinajstić information content (AvgIpc) is 2.78. The van der Waals surface area contributed by atoms with Crippen molar-refractivity contribution in [2.75, 3.05) is 23.1 Å². The van der Waals surface area contributed by atoms with Crippen LogP contribution in [0.3, 0.4) is 0 Å². The molecule has 0 fully saturated rings. The lowest BCUT2D eigenvalue weighted by Gasteiger charge is -2.12. The van der Waals surface area contributed by atoms with Crippen molar-refractivity contribution in [3.63, 3.8) is 0 Å². The van der Waals surface area contributed by atoms with Crippen LogP contribution in [0.4, 0.5) is 29.1 Å². The Balaban J connectivity index is 1.60. The Morgan fingerprint density at radius 2 is 1.71 bits per heavy atom. The van der Waals surface area contributed by atoms with Crippen LogP contribution in [0.5, 0.6) is 0 Å². The van der Waals surface area contributed by atoms with Crippen LogP contribution in [-0.2, 0) is 16.2 Å². The van der Waals surface area contributed by atoms with Gasteiger partial charge in [-0.15, -0.1) is 0 Å². The molecule has 3 N–H and O–H groups in total. The highest BCUT2D eigenvalue weighted by Gasteiger charge is 2.30. The number of rotatable bonds is 8. The fourth-order valence-electron chi connectivity index (χ4n) is 2.87. The number of carbonyl (C=O) groups excluding carboxylic acids is 1. The first-order valence-electron chi connectivity index (χ1n) is 9.90. The number of carbonyl (C=O) groups is 1. The summed E-state index contributed by atoms with van der Waals surface area (Å²) in [5.41, 5.74) is -0.0354. The molecule has 0 unspecified atom stereocenters. The number of amides is 1. The Morgan fingerprint density at radius 1 is 1.00 bits per heavy atom. The molecule has 0 atom stereocenters. The topological polar surface area (TPSA) is 100 Å². The molecule has 0 aliphatic heterocycles. The molecule has 0 aliphatic carbocycles. The summed E-state index contributed by atoms with van der Waals surface area (Å²) in [7, 11) is -4.03. The monoisotopic (exact) mass is 496 g/mol. The molecule has 0 radical (unpaired) electrons. The van der Waals surface area contributed by atoms with Gasteiger partial charge >= 0.3 is 6.18 Å². The van der Waals surface area contributed by atoms with Gasteiger partial charge in [0.2, 0.25) is 0 Å². The van der Waals surface area contributed by atoms with E-state index in [0.29, 0.717) is 11.8 Å². The Morgan fingerprint density at radius 3 is 2.32 bits per heavy atom. The molecule has 2 aromatic carbocycles. The van der Waals surface area contributed by atoms with Gasteiger partial charge in [-0.25, -0.2) is 17.8 Å². The normalized spacial score (nSPS) is 11.7. The predicted octanol–water partition coefficient (Wildman–Crippen LogP) is 4.19. The summed E-state index contributed by atoms with van der Waals surface area (Å²) >= 11 is 0. The maximum atomic E-state index is 13.0. The van der Waals surface area contributed by atoms with Gasteiger partial charge in [0.25, 0.3) is 15.9 Å². The Hall–Kier alpha value is -3.67. The number of pyridine rings is 1. The number of benzene rings is 2. The molecular formula is C22H20F4N4O3S. The summed E-state index contributed by atoms with van der Waals surface area (Å²) < 4.78 is 78.4. The summed E-state index contributed by atoms with van der Waals surface area (Å²) in [6.45, 7) is 1.92. The molecule has 0 saturated heterocycles. The van der Waals surface area contributed by atoms with E-state index in [1.54, 1.807) is 6.92 Å². The van der Waals surface area contributed by atoms with Gasteiger partial charge in [0, 0.05) is 30.5 Å². The van der Waals surface area contributed by atoms with Crippen LogP contribution in [0.2, 0.25) is 0 Å². The molecule has 12 heteroatoms. The summed E-state index contributed by atoms with van der Waals surface area (Å²) in [6, 6.07) is 10.9. The third-order valence-corrected chi connectivity index (χ3v) is 6.05. The van der Waals surface area contributed by atoms with E-state index < -0.39 is 33.5 Å². The molecule has 7 nitrogen and oxygen atoms in total. The van der Waals surface area contributed by atoms with Crippen molar-refractivity contribution >= 4 is 27.4 Å². The number of anilines is 2. The van der Waals surface area contributed by atoms with Gasteiger partial charge in [-0.3, -0.25) is 9.52 Å². The predicted molar refractivity (Wildman–Crippen MR) is 118 cm³/mol.